The van der Waals surface area contributed by atoms with E-state index < -0.39 is 50.2 Å². The highest BCUT2D eigenvalue weighted by molar-refractivity contribution is 7.52. The summed E-state index contributed by atoms with van der Waals surface area (Å²) in [5.74, 6) is -3.41. The van der Waals surface area contributed by atoms with E-state index in [1.54, 1.807) is 32.0 Å². The van der Waals surface area contributed by atoms with Crippen molar-refractivity contribution < 1.29 is 46.5 Å². The van der Waals surface area contributed by atoms with Crippen molar-refractivity contribution in [2.24, 2.45) is 0 Å². The van der Waals surface area contributed by atoms with E-state index in [2.05, 4.69) is 20.0 Å². The molecule has 16 heteroatoms. The molecular formula is C29H38F2N5O8P. The number of nitrogens with zero attached hydrogens (tertiary/aromatic N) is 4. The minimum Gasteiger partial charge on any atom is -0.476 e. The molecule has 0 amide bonds. The third-order valence-corrected chi connectivity index (χ3v) is 9.33. The van der Waals surface area contributed by atoms with Gasteiger partial charge in [0.2, 0.25) is 5.88 Å². The summed E-state index contributed by atoms with van der Waals surface area (Å²) in [6, 6.07) is 6.68. The molecule has 2 fully saturated rings. The monoisotopic (exact) mass is 653 g/mol. The molecule has 0 spiro atoms. The lowest BCUT2D eigenvalue weighted by Crippen LogP contribution is -2.47. The lowest BCUT2D eigenvalue weighted by atomic mass is 9.97. The van der Waals surface area contributed by atoms with Crippen LogP contribution in [0.5, 0.6) is 11.6 Å². The number of imidazole rings is 1. The Morgan fingerprint density at radius 1 is 1.22 bits per heavy atom. The zero-order valence-corrected chi connectivity index (χ0v) is 26.4. The average Bonchev–Trinajstić information content (AvgIpc) is 3.50. The summed E-state index contributed by atoms with van der Waals surface area (Å²) in [4.78, 5) is 25.5. The molecule has 1 saturated carbocycles. The summed E-state index contributed by atoms with van der Waals surface area (Å²) in [5.41, 5.74) is -2.48. The Morgan fingerprint density at radius 3 is 2.62 bits per heavy atom. The quantitative estimate of drug-likeness (QED) is 0.202. The second kappa shape index (κ2) is 13.2. The molecule has 0 radical (unpaired) electrons. The van der Waals surface area contributed by atoms with Crippen molar-refractivity contribution in [3.63, 3.8) is 0 Å². The van der Waals surface area contributed by atoms with Gasteiger partial charge >= 0.3 is 13.7 Å². The maximum Gasteiger partial charge on any atom is 0.459 e. The second-order valence-electron chi connectivity index (χ2n) is 11.4. The predicted molar refractivity (Wildman–Crippen MR) is 157 cm³/mol. The summed E-state index contributed by atoms with van der Waals surface area (Å²) < 4.78 is 75.2. The zero-order valence-electron chi connectivity index (χ0n) is 25.5. The van der Waals surface area contributed by atoms with Crippen molar-refractivity contribution in [1.29, 1.82) is 0 Å². The number of esters is 1. The Morgan fingerprint density at radius 2 is 1.93 bits per heavy atom. The number of carbonyl (C=O) groups is 1. The van der Waals surface area contributed by atoms with Gasteiger partial charge in [0.25, 0.3) is 5.85 Å². The van der Waals surface area contributed by atoms with Crippen molar-refractivity contribution in [2.75, 3.05) is 13.2 Å². The van der Waals surface area contributed by atoms with Gasteiger partial charge in [0.1, 0.15) is 30.3 Å². The number of hydrogen-bond acceptors (Lipinski definition) is 11. The molecule has 1 aliphatic carbocycles. The van der Waals surface area contributed by atoms with Crippen LogP contribution in [0, 0.1) is 6.92 Å². The van der Waals surface area contributed by atoms with Crippen LogP contribution < -0.4 is 14.3 Å². The van der Waals surface area contributed by atoms with Crippen molar-refractivity contribution in [3.05, 3.63) is 42.5 Å². The van der Waals surface area contributed by atoms with Crippen LogP contribution in [0.1, 0.15) is 64.9 Å². The molecule has 3 heterocycles. The predicted octanol–water partition coefficient (Wildman–Crippen LogP) is 4.87. The van der Waals surface area contributed by atoms with E-state index in [9.17, 15) is 14.5 Å². The summed E-state index contributed by atoms with van der Waals surface area (Å²) in [6.07, 6.45) is 1.09. The number of benzene rings is 1. The number of fused-ring (bicyclic) bond motifs is 1. The van der Waals surface area contributed by atoms with E-state index in [-0.39, 0.29) is 41.3 Å². The minimum absolute atomic E-state index is 0.0835. The summed E-state index contributed by atoms with van der Waals surface area (Å²) >= 11 is 0. The molecule has 2 aromatic heterocycles. The zero-order chi connectivity index (χ0) is 32.4. The number of carbonyl (C=O) groups excluding carboxylic acids is 1. The number of aliphatic hydroxyl groups excluding tert-OH is 1. The molecule has 0 bridgehead atoms. The molecule has 45 heavy (non-hydrogen) atoms. The molecule has 2 aliphatic rings. The van der Waals surface area contributed by atoms with Gasteiger partial charge < -0.3 is 23.8 Å². The minimum atomic E-state index is -4.57. The van der Waals surface area contributed by atoms with Crippen molar-refractivity contribution >= 4 is 24.9 Å². The van der Waals surface area contributed by atoms with E-state index in [0.717, 1.165) is 43.6 Å². The van der Waals surface area contributed by atoms with Crippen LogP contribution in [-0.4, -0.2) is 73.6 Å². The number of ether oxygens (including phenoxy) is 3. The van der Waals surface area contributed by atoms with Gasteiger partial charge in [0, 0.05) is 0 Å². The number of nitrogens with one attached hydrogen (secondary N) is 1. The lowest BCUT2D eigenvalue weighted by molar-refractivity contribution is -0.202. The Labute approximate surface area is 259 Å². The van der Waals surface area contributed by atoms with E-state index in [0.29, 0.717) is 0 Å². The molecule has 1 unspecified atom stereocenters. The third-order valence-electron chi connectivity index (χ3n) is 7.71. The van der Waals surface area contributed by atoms with Gasteiger partial charge in [-0.1, -0.05) is 24.6 Å². The van der Waals surface area contributed by atoms with E-state index >= 15 is 8.78 Å². The first-order chi connectivity index (χ1) is 21.3. The standard InChI is InChI=1S/C29H38F2N5O8P/c1-5-40-24-22-23(33-19(3)34-24)36(17-32-22)27-28(4,30)26(38)29(31,43-27)16-41-45(39,44-21-14-10-7-11-15-21)35-18(2)25(37)42-20-12-8-6-9-13-20/h7,10-11,14-15,17-18,20,26-27,38H,5-6,8-9,12-13,16H2,1-4H3,(H,35,39)/t18?,26-,27+,28+,29+,45+/m0/s1. The maximum atomic E-state index is 16.4. The molecule has 3 aromatic rings. The first kappa shape index (κ1) is 33.1. The van der Waals surface area contributed by atoms with E-state index in [1.165, 1.54) is 25.4 Å². The Balaban J connectivity index is 1.37. The highest BCUT2D eigenvalue weighted by Gasteiger charge is 2.65. The highest BCUT2D eigenvalue weighted by atomic mass is 31.2. The smallest absolute Gasteiger partial charge is 0.459 e. The van der Waals surface area contributed by atoms with Crippen LogP contribution in [0.3, 0.4) is 0 Å². The Kier molecular flexibility index (Phi) is 9.76. The van der Waals surface area contributed by atoms with Crippen LogP contribution in [0.2, 0.25) is 0 Å². The highest BCUT2D eigenvalue weighted by Crippen LogP contribution is 2.52. The van der Waals surface area contributed by atoms with Gasteiger partial charge in [-0.3, -0.25) is 13.9 Å². The van der Waals surface area contributed by atoms with Crippen LogP contribution in [0.15, 0.2) is 36.7 Å². The van der Waals surface area contributed by atoms with Crippen LogP contribution in [0.25, 0.3) is 11.2 Å². The molecule has 1 aromatic carbocycles. The Hall–Kier alpha value is -3.23. The first-order valence-corrected chi connectivity index (χ1v) is 16.4. The SMILES string of the molecule is CCOc1nc(C)nc2c1ncn2[C@@H]1O[C@](F)(CO[P@](=O)(NC(C)C(=O)OC2CCCCC2)Oc2ccccc2)[C@@H](O)[C@@]1(C)F. The van der Waals surface area contributed by atoms with Gasteiger partial charge in [0.05, 0.1) is 12.9 Å². The average molecular weight is 654 g/mol. The van der Waals surface area contributed by atoms with Crippen LogP contribution in [0.4, 0.5) is 8.78 Å². The van der Waals surface area contributed by atoms with Crippen molar-refractivity contribution in [1.82, 2.24) is 24.6 Å². The normalized spacial score (nSPS) is 27.6. The topological polar surface area (TPSA) is 156 Å². The van der Waals surface area contributed by atoms with Crippen LogP contribution >= 0.6 is 7.75 Å². The Bertz CT molecular complexity index is 1540. The van der Waals surface area contributed by atoms with Crippen LogP contribution in [-0.2, 0) is 23.4 Å². The lowest BCUT2D eigenvalue weighted by Gasteiger charge is -2.28. The summed E-state index contributed by atoms with van der Waals surface area (Å²) in [7, 11) is -4.57. The number of hydrogen-bond donors (Lipinski definition) is 2. The van der Waals surface area contributed by atoms with Crippen molar-refractivity contribution in [2.45, 2.75) is 95.8 Å². The fourth-order valence-electron chi connectivity index (χ4n) is 5.39. The number of aromatic nitrogens is 4. The van der Waals surface area contributed by atoms with Gasteiger partial charge in [-0.2, -0.15) is 10.1 Å². The van der Waals surface area contributed by atoms with E-state index in [1.807, 2.05) is 0 Å². The van der Waals surface area contributed by atoms with Gasteiger partial charge in [-0.25, -0.2) is 23.3 Å². The molecule has 1 saturated heterocycles. The molecular weight excluding hydrogens is 615 g/mol. The number of aliphatic hydroxyl groups is 1. The molecule has 2 N–H and O–H groups in total. The summed E-state index contributed by atoms with van der Waals surface area (Å²) in [5, 5.41) is 13.4. The number of aryl methyl sites for hydroxylation is 1. The maximum absolute atomic E-state index is 16.4. The molecule has 1 aliphatic heterocycles. The van der Waals surface area contributed by atoms with Crippen molar-refractivity contribution in [3.8, 4) is 11.6 Å². The number of para-hydroxylation sites is 1. The second-order valence-corrected chi connectivity index (χ2v) is 13.1. The molecule has 246 valence electrons. The number of halogens is 2. The summed E-state index contributed by atoms with van der Waals surface area (Å²) in [6.45, 7) is 4.74. The fraction of sp³-hybridized carbons (Fsp3) is 0.586. The molecule has 13 nitrogen and oxygen atoms in total. The number of rotatable bonds is 12. The first-order valence-electron chi connectivity index (χ1n) is 14.9. The van der Waals surface area contributed by atoms with Gasteiger partial charge in [-0.05, 0) is 65.5 Å². The van der Waals surface area contributed by atoms with Gasteiger partial charge in [0.15, 0.2) is 29.2 Å². The van der Waals surface area contributed by atoms with E-state index in [4.69, 9.17) is 23.3 Å². The fourth-order valence-corrected chi connectivity index (χ4v) is 6.89. The molecule has 6 atom stereocenters. The third kappa shape index (κ3) is 7.12. The largest absolute Gasteiger partial charge is 0.476 e. The van der Waals surface area contributed by atoms with Gasteiger partial charge in [-0.15, -0.1) is 0 Å². The molecule has 5 rings (SSSR count). The number of alkyl halides is 2.